The number of carbonyl (C=O) groups is 1. The van der Waals surface area contributed by atoms with Gasteiger partial charge in [-0.25, -0.2) is 0 Å². The van der Waals surface area contributed by atoms with E-state index in [1.54, 1.807) is 13.8 Å². The van der Waals surface area contributed by atoms with Crippen LogP contribution in [0, 0.1) is 0 Å². The van der Waals surface area contributed by atoms with Gasteiger partial charge in [-0.05, 0) is 13.8 Å². The Morgan fingerprint density at radius 2 is 2.17 bits per heavy atom. The molecule has 1 fully saturated rings. The lowest BCUT2D eigenvalue weighted by atomic mass is 10.3. The van der Waals surface area contributed by atoms with Gasteiger partial charge in [0.15, 0.2) is 5.79 Å². The quantitative estimate of drug-likeness (QED) is 0.804. The molecule has 0 radical (unpaired) electrons. The number of hydrogen-bond acceptors (Lipinski definition) is 4. The average Bonchev–Trinajstić information content (AvgIpc) is 2.53. The molecule has 0 aromatic heterocycles. The lowest BCUT2D eigenvalue weighted by Gasteiger charge is -2.17. The minimum atomic E-state index is -4.42. The second-order valence-electron chi connectivity index (χ2n) is 4.36. The van der Waals surface area contributed by atoms with E-state index in [0.29, 0.717) is 6.61 Å². The summed E-state index contributed by atoms with van der Waals surface area (Å²) < 4.78 is 50.1. The molecular weight excluding hydrogens is 255 g/mol. The normalized spacial score (nSPS) is 23.1. The van der Waals surface area contributed by atoms with Gasteiger partial charge in [-0.2, -0.15) is 13.2 Å². The number of hydrogen-bond donors (Lipinski definition) is 1. The highest BCUT2D eigenvalue weighted by Gasteiger charge is 2.32. The number of carbonyl (C=O) groups excluding carboxylic acids is 1. The number of ether oxygens (including phenoxy) is 3. The topological polar surface area (TPSA) is 56.8 Å². The Morgan fingerprint density at radius 3 is 2.67 bits per heavy atom. The van der Waals surface area contributed by atoms with Crippen LogP contribution in [0.15, 0.2) is 0 Å². The zero-order valence-corrected chi connectivity index (χ0v) is 10.2. The van der Waals surface area contributed by atoms with Gasteiger partial charge in [0.1, 0.15) is 19.3 Å². The highest BCUT2D eigenvalue weighted by molar-refractivity contribution is 5.77. The molecule has 0 saturated carbocycles. The third kappa shape index (κ3) is 6.18. The zero-order chi connectivity index (χ0) is 13.8. The van der Waals surface area contributed by atoms with Crippen LogP contribution in [-0.2, 0) is 19.0 Å². The molecule has 1 saturated heterocycles. The number of alkyl halides is 3. The number of halogens is 3. The van der Waals surface area contributed by atoms with E-state index in [1.165, 1.54) is 0 Å². The summed E-state index contributed by atoms with van der Waals surface area (Å²) in [5, 5.41) is 2.41. The van der Waals surface area contributed by atoms with E-state index in [0.717, 1.165) is 0 Å². The summed E-state index contributed by atoms with van der Waals surface area (Å²) in [7, 11) is 0. The first-order valence-electron chi connectivity index (χ1n) is 5.41. The molecule has 8 heteroatoms. The van der Waals surface area contributed by atoms with Crippen molar-refractivity contribution in [2.45, 2.75) is 31.9 Å². The molecule has 1 atom stereocenters. The predicted molar refractivity (Wildman–Crippen MR) is 54.8 cm³/mol. The molecule has 18 heavy (non-hydrogen) atoms. The van der Waals surface area contributed by atoms with E-state index in [-0.39, 0.29) is 12.6 Å². The lowest BCUT2D eigenvalue weighted by molar-refractivity contribution is -0.175. The standard InChI is InChI=1S/C10H16F3NO4/c1-9(2)17-4-7(18-9)3-14-8(15)5-16-6-10(11,12)13/h7H,3-6H2,1-2H3,(H,14,15). The van der Waals surface area contributed by atoms with Crippen molar-refractivity contribution < 1.29 is 32.2 Å². The molecule has 0 aromatic carbocycles. The van der Waals surface area contributed by atoms with Gasteiger partial charge < -0.3 is 19.5 Å². The first-order valence-corrected chi connectivity index (χ1v) is 5.41. The van der Waals surface area contributed by atoms with Gasteiger partial charge in [0, 0.05) is 6.54 Å². The summed E-state index contributed by atoms with van der Waals surface area (Å²) in [6.45, 7) is 1.92. The monoisotopic (exact) mass is 271 g/mol. The van der Waals surface area contributed by atoms with Crippen molar-refractivity contribution in [1.82, 2.24) is 5.32 Å². The fraction of sp³-hybridized carbons (Fsp3) is 0.900. The van der Waals surface area contributed by atoms with Crippen molar-refractivity contribution in [3.05, 3.63) is 0 Å². The van der Waals surface area contributed by atoms with Crippen LogP contribution in [0.3, 0.4) is 0 Å². The molecule has 1 unspecified atom stereocenters. The molecule has 1 rings (SSSR count). The first kappa shape index (κ1) is 15.2. The van der Waals surface area contributed by atoms with Gasteiger partial charge in [-0.15, -0.1) is 0 Å². The Kier molecular flexibility index (Phi) is 4.94. The van der Waals surface area contributed by atoms with Crippen LogP contribution in [0.1, 0.15) is 13.8 Å². The van der Waals surface area contributed by atoms with Gasteiger partial charge in [-0.1, -0.05) is 0 Å². The maximum Gasteiger partial charge on any atom is 0.411 e. The van der Waals surface area contributed by atoms with E-state index in [2.05, 4.69) is 10.1 Å². The van der Waals surface area contributed by atoms with Crippen molar-refractivity contribution in [2.75, 3.05) is 26.4 Å². The van der Waals surface area contributed by atoms with Crippen molar-refractivity contribution in [2.24, 2.45) is 0 Å². The van der Waals surface area contributed by atoms with E-state index < -0.39 is 31.1 Å². The fourth-order valence-electron chi connectivity index (χ4n) is 1.40. The smallest absolute Gasteiger partial charge is 0.362 e. The third-order valence-electron chi connectivity index (χ3n) is 2.09. The molecule has 1 aliphatic rings. The Hall–Kier alpha value is -0.860. The fourth-order valence-corrected chi connectivity index (χ4v) is 1.40. The molecule has 1 aliphatic heterocycles. The van der Waals surface area contributed by atoms with E-state index in [9.17, 15) is 18.0 Å². The molecule has 106 valence electrons. The maximum absolute atomic E-state index is 11.7. The predicted octanol–water partition coefficient (Wildman–Crippen LogP) is 0.833. The number of rotatable bonds is 5. The average molecular weight is 271 g/mol. The van der Waals surface area contributed by atoms with E-state index in [1.807, 2.05) is 0 Å². The Balaban J connectivity index is 2.11. The zero-order valence-electron chi connectivity index (χ0n) is 10.2. The molecule has 1 heterocycles. The summed E-state index contributed by atoms with van der Waals surface area (Å²) in [4.78, 5) is 11.1. The highest BCUT2D eigenvalue weighted by Crippen LogP contribution is 2.21. The van der Waals surface area contributed by atoms with Crippen LogP contribution >= 0.6 is 0 Å². The van der Waals surface area contributed by atoms with Gasteiger partial charge in [0.25, 0.3) is 0 Å². The largest absolute Gasteiger partial charge is 0.411 e. The minimum Gasteiger partial charge on any atom is -0.362 e. The van der Waals surface area contributed by atoms with Crippen LogP contribution in [0.5, 0.6) is 0 Å². The Labute approximate surface area is 103 Å². The lowest BCUT2D eigenvalue weighted by Crippen LogP contribution is -2.37. The summed E-state index contributed by atoms with van der Waals surface area (Å²) in [6, 6.07) is 0. The second-order valence-corrected chi connectivity index (χ2v) is 4.36. The molecule has 5 nitrogen and oxygen atoms in total. The van der Waals surface area contributed by atoms with Crippen molar-refractivity contribution >= 4 is 5.91 Å². The minimum absolute atomic E-state index is 0.178. The molecule has 0 bridgehead atoms. The molecular formula is C10H16F3NO4. The second kappa shape index (κ2) is 5.85. The van der Waals surface area contributed by atoms with Gasteiger partial charge in [0.05, 0.1) is 6.61 Å². The summed E-state index contributed by atoms with van der Waals surface area (Å²) in [6.07, 6.45) is -4.72. The van der Waals surface area contributed by atoms with Gasteiger partial charge in [0.2, 0.25) is 5.91 Å². The maximum atomic E-state index is 11.7. The summed E-state index contributed by atoms with van der Waals surface area (Å²) in [5.74, 6) is -1.31. The Morgan fingerprint density at radius 1 is 1.50 bits per heavy atom. The van der Waals surface area contributed by atoms with Crippen molar-refractivity contribution in [1.29, 1.82) is 0 Å². The molecule has 0 aliphatic carbocycles. The third-order valence-corrected chi connectivity index (χ3v) is 2.09. The number of amides is 1. The molecule has 1 N–H and O–H groups in total. The van der Waals surface area contributed by atoms with Crippen LogP contribution < -0.4 is 5.32 Å². The SMILES string of the molecule is CC1(C)OCC(CNC(=O)COCC(F)(F)F)O1. The van der Waals surface area contributed by atoms with Crippen molar-refractivity contribution in [3.8, 4) is 0 Å². The summed E-state index contributed by atoms with van der Waals surface area (Å²) >= 11 is 0. The Bertz CT molecular complexity index is 293. The number of nitrogens with one attached hydrogen (secondary N) is 1. The molecule has 0 spiro atoms. The summed E-state index contributed by atoms with van der Waals surface area (Å²) in [5.41, 5.74) is 0. The molecule has 1 amide bonds. The van der Waals surface area contributed by atoms with Crippen molar-refractivity contribution in [3.63, 3.8) is 0 Å². The highest BCUT2D eigenvalue weighted by atomic mass is 19.4. The van der Waals surface area contributed by atoms with Gasteiger partial charge >= 0.3 is 6.18 Å². The first-order chi connectivity index (χ1) is 8.18. The van der Waals surface area contributed by atoms with Crippen LogP contribution in [0.4, 0.5) is 13.2 Å². The van der Waals surface area contributed by atoms with E-state index >= 15 is 0 Å². The van der Waals surface area contributed by atoms with Crippen LogP contribution in [-0.4, -0.2) is 50.3 Å². The van der Waals surface area contributed by atoms with Gasteiger partial charge in [-0.3, -0.25) is 4.79 Å². The van der Waals surface area contributed by atoms with Crippen LogP contribution in [0.25, 0.3) is 0 Å². The van der Waals surface area contributed by atoms with Crippen LogP contribution in [0.2, 0.25) is 0 Å². The molecule has 0 aromatic rings. The van der Waals surface area contributed by atoms with E-state index in [4.69, 9.17) is 9.47 Å².